The van der Waals surface area contributed by atoms with Crippen LogP contribution in [0.4, 0.5) is 4.79 Å². The number of rotatable bonds is 4. The van der Waals surface area contributed by atoms with Crippen molar-refractivity contribution in [3.05, 3.63) is 16.6 Å². The molecule has 0 aliphatic rings. The zero-order valence-electron chi connectivity index (χ0n) is 10.4. The lowest BCUT2D eigenvalue weighted by molar-refractivity contribution is 0.0524. The minimum atomic E-state index is -0.480. The van der Waals surface area contributed by atoms with E-state index in [1.807, 2.05) is 20.8 Å². The molecule has 1 aromatic heterocycles. The molecule has 1 heterocycles. The fourth-order valence-electron chi connectivity index (χ4n) is 1.20. The Balaban J connectivity index is 2.24. The highest BCUT2D eigenvalue weighted by Gasteiger charge is 2.16. The molecule has 0 spiro atoms. The normalized spacial score (nSPS) is 13.2. The van der Waals surface area contributed by atoms with E-state index in [0.717, 1.165) is 4.88 Å². The highest BCUT2D eigenvalue weighted by Crippen LogP contribution is 2.08. The Morgan fingerprint density at radius 3 is 2.88 bits per heavy atom. The van der Waals surface area contributed by atoms with Crippen molar-refractivity contribution in [1.82, 2.24) is 10.3 Å². The lowest BCUT2D eigenvalue weighted by atomic mass is 10.2. The van der Waals surface area contributed by atoms with E-state index in [1.165, 1.54) is 0 Å². The summed E-state index contributed by atoms with van der Waals surface area (Å²) in [4.78, 5) is 16.5. The van der Waals surface area contributed by atoms with Crippen molar-refractivity contribution in [3.8, 4) is 0 Å². The molecule has 0 aliphatic heterocycles. The molecule has 96 valence electrons. The summed E-state index contributed by atoms with van der Waals surface area (Å²) in [5.74, 6) is 0. The molecular weight excluding hydrogens is 238 g/mol. The summed E-state index contributed by atoms with van der Waals surface area (Å²) in [5.41, 5.74) is 7.17. The molecule has 6 heteroatoms. The SMILES string of the molecule is CC(C)(C)OC(=O)NCC(N)Cc1cncs1. The zero-order chi connectivity index (χ0) is 12.9. The molecule has 1 aromatic rings. The third-order valence-electron chi connectivity index (χ3n) is 1.85. The molecular formula is C11H19N3O2S. The van der Waals surface area contributed by atoms with Gasteiger partial charge in [-0.25, -0.2) is 4.79 Å². The lowest BCUT2D eigenvalue weighted by Gasteiger charge is -2.20. The van der Waals surface area contributed by atoms with Gasteiger partial charge in [-0.15, -0.1) is 11.3 Å². The fraction of sp³-hybridized carbons (Fsp3) is 0.636. The number of nitrogens with zero attached hydrogens (tertiary/aromatic N) is 1. The van der Waals surface area contributed by atoms with Crippen molar-refractivity contribution >= 4 is 17.4 Å². The van der Waals surface area contributed by atoms with Gasteiger partial charge in [0.05, 0.1) is 5.51 Å². The molecule has 0 bridgehead atoms. The van der Waals surface area contributed by atoms with Crippen molar-refractivity contribution in [3.63, 3.8) is 0 Å². The molecule has 1 rings (SSSR count). The van der Waals surface area contributed by atoms with Gasteiger partial charge < -0.3 is 15.8 Å². The molecule has 0 radical (unpaired) electrons. The van der Waals surface area contributed by atoms with Crippen molar-refractivity contribution in [2.24, 2.45) is 5.73 Å². The van der Waals surface area contributed by atoms with Gasteiger partial charge >= 0.3 is 6.09 Å². The first kappa shape index (κ1) is 13.9. The quantitative estimate of drug-likeness (QED) is 0.857. The van der Waals surface area contributed by atoms with Gasteiger partial charge in [-0.2, -0.15) is 0 Å². The number of carbonyl (C=O) groups excluding carboxylic acids is 1. The van der Waals surface area contributed by atoms with Crippen LogP contribution < -0.4 is 11.1 Å². The van der Waals surface area contributed by atoms with E-state index in [-0.39, 0.29) is 6.04 Å². The van der Waals surface area contributed by atoms with Crippen LogP contribution in [0.5, 0.6) is 0 Å². The number of amides is 1. The number of hydrogen-bond acceptors (Lipinski definition) is 5. The molecule has 1 amide bonds. The Bertz CT molecular complexity index is 346. The number of nitrogens with two attached hydrogens (primary N) is 1. The van der Waals surface area contributed by atoms with Crippen LogP contribution in [0.3, 0.4) is 0 Å². The van der Waals surface area contributed by atoms with Crippen LogP contribution in [-0.4, -0.2) is 29.3 Å². The van der Waals surface area contributed by atoms with Gasteiger partial charge in [0, 0.05) is 30.1 Å². The number of nitrogens with one attached hydrogen (secondary N) is 1. The lowest BCUT2D eigenvalue weighted by Crippen LogP contribution is -2.40. The van der Waals surface area contributed by atoms with Crippen molar-refractivity contribution in [1.29, 1.82) is 0 Å². The van der Waals surface area contributed by atoms with Crippen LogP contribution >= 0.6 is 11.3 Å². The van der Waals surface area contributed by atoms with E-state index in [2.05, 4.69) is 10.3 Å². The zero-order valence-corrected chi connectivity index (χ0v) is 11.2. The van der Waals surface area contributed by atoms with Gasteiger partial charge in [0.1, 0.15) is 5.60 Å². The predicted molar refractivity (Wildman–Crippen MR) is 68.0 cm³/mol. The van der Waals surface area contributed by atoms with E-state index in [4.69, 9.17) is 10.5 Å². The Labute approximate surface area is 105 Å². The minimum absolute atomic E-state index is 0.122. The number of aromatic nitrogens is 1. The highest BCUT2D eigenvalue weighted by molar-refractivity contribution is 7.09. The van der Waals surface area contributed by atoms with Crippen LogP contribution in [0.15, 0.2) is 11.7 Å². The molecule has 0 aromatic carbocycles. The highest BCUT2D eigenvalue weighted by atomic mass is 32.1. The van der Waals surface area contributed by atoms with Crippen molar-refractivity contribution in [2.75, 3.05) is 6.54 Å². The number of alkyl carbamates (subject to hydrolysis) is 1. The molecule has 3 N–H and O–H groups in total. The van der Waals surface area contributed by atoms with Gasteiger partial charge in [-0.05, 0) is 20.8 Å². The van der Waals surface area contributed by atoms with Gasteiger partial charge in [-0.1, -0.05) is 0 Å². The molecule has 0 saturated carbocycles. The maximum atomic E-state index is 11.4. The van der Waals surface area contributed by atoms with Gasteiger partial charge in [0.25, 0.3) is 0 Å². The first-order valence-corrected chi connectivity index (χ1v) is 6.34. The molecule has 0 aliphatic carbocycles. The summed E-state index contributed by atoms with van der Waals surface area (Å²) in [5, 5.41) is 2.65. The first-order chi connectivity index (χ1) is 7.87. The monoisotopic (exact) mass is 257 g/mol. The summed E-state index contributed by atoms with van der Waals surface area (Å²) in [6.07, 6.45) is 2.07. The molecule has 1 atom stereocenters. The molecule has 0 fully saturated rings. The Kier molecular flexibility index (Phi) is 4.89. The summed E-state index contributed by atoms with van der Waals surface area (Å²) in [7, 11) is 0. The Hall–Kier alpha value is -1.14. The molecule has 17 heavy (non-hydrogen) atoms. The van der Waals surface area contributed by atoms with Gasteiger partial charge in [-0.3, -0.25) is 4.98 Å². The van der Waals surface area contributed by atoms with Gasteiger partial charge in [0.2, 0.25) is 0 Å². The van der Waals surface area contributed by atoms with Crippen molar-refractivity contribution < 1.29 is 9.53 Å². The molecule has 5 nitrogen and oxygen atoms in total. The number of hydrogen-bond donors (Lipinski definition) is 2. The third-order valence-corrected chi connectivity index (χ3v) is 2.66. The number of ether oxygens (including phenoxy) is 1. The summed E-state index contributed by atoms with van der Waals surface area (Å²) >= 11 is 1.56. The predicted octanol–water partition coefficient (Wildman–Crippen LogP) is 1.54. The van der Waals surface area contributed by atoms with Crippen LogP contribution in [-0.2, 0) is 11.2 Å². The summed E-state index contributed by atoms with van der Waals surface area (Å²) in [6, 6.07) is -0.122. The van der Waals surface area contributed by atoms with Crippen LogP contribution in [0.25, 0.3) is 0 Å². The van der Waals surface area contributed by atoms with E-state index in [9.17, 15) is 4.79 Å². The third kappa shape index (κ3) is 6.23. The average Bonchev–Trinajstić information content (AvgIpc) is 2.64. The van der Waals surface area contributed by atoms with E-state index in [0.29, 0.717) is 13.0 Å². The maximum absolute atomic E-state index is 11.4. The van der Waals surface area contributed by atoms with Crippen LogP contribution in [0.1, 0.15) is 25.6 Å². The summed E-state index contributed by atoms with van der Waals surface area (Å²) < 4.78 is 5.11. The largest absolute Gasteiger partial charge is 0.444 e. The second kappa shape index (κ2) is 5.97. The van der Waals surface area contributed by atoms with Crippen molar-refractivity contribution in [2.45, 2.75) is 38.8 Å². The Morgan fingerprint density at radius 2 is 2.35 bits per heavy atom. The second-order valence-electron chi connectivity index (χ2n) is 4.81. The smallest absolute Gasteiger partial charge is 0.407 e. The standard InChI is InChI=1S/C11H19N3O2S/c1-11(2,3)16-10(15)14-5-8(12)4-9-6-13-7-17-9/h6-8H,4-5,12H2,1-3H3,(H,14,15). The average molecular weight is 257 g/mol. The van der Waals surface area contributed by atoms with Crippen LogP contribution in [0, 0.1) is 0 Å². The molecule has 0 saturated heterocycles. The summed E-state index contributed by atoms with van der Waals surface area (Å²) in [6.45, 7) is 5.87. The maximum Gasteiger partial charge on any atom is 0.407 e. The minimum Gasteiger partial charge on any atom is -0.444 e. The fourth-order valence-corrected chi connectivity index (χ4v) is 1.89. The van der Waals surface area contributed by atoms with Gasteiger partial charge in [0.15, 0.2) is 0 Å². The first-order valence-electron chi connectivity index (χ1n) is 5.46. The molecule has 1 unspecified atom stereocenters. The Morgan fingerprint density at radius 1 is 1.65 bits per heavy atom. The second-order valence-corrected chi connectivity index (χ2v) is 5.79. The van der Waals surface area contributed by atoms with E-state index in [1.54, 1.807) is 23.0 Å². The van der Waals surface area contributed by atoms with E-state index < -0.39 is 11.7 Å². The number of carbonyl (C=O) groups is 1. The van der Waals surface area contributed by atoms with E-state index >= 15 is 0 Å². The topological polar surface area (TPSA) is 77.2 Å². The number of thiazole rings is 1. The van der Waals surface area contributed by atoms with Crippen LogP contribution in [0.2, 0.25) is 0 Å².